The van der Waals surface area contributed by atoms with Gasteiger partial charge in [-0.1, -0.05) is 6.92 Å². The predicted molar refractivity (Wildman–Crippen MR) is 40.8 cm³/mol. The molecule has 2 rings (SSSR count). The maximum Gasteiger partial charge on any atom is 0.0499 e. The standard InChI is InChI=1S/C9H16O/c1-7-4-5-10-6-9(7)8-2-3-8/h7-9H,2-6H2,1H3/t7?,9-/m0/s1. The van der Waals surface area contributed by atoms with E-state index in [9.17, 15) is 0 Å². The summed E-state index contributed by atoms with van der Waals surface area (Å²) in [6, 6.07) is 0. The van der Waals surface area contributed by atoms with E-state index in [2.05, 4.69) is 6.92 Å². The second-order valence-electron chi connectivity index (χ2n) is 3.84. The monoisotopic (exact) mass is 140 g/mol. The van der Waals surface area contributed by atoms with E-state index in [1.54, 1.807) is 0 Å². The van der Waals surface area contributed by atoms with Crippen LogP contribution in [0, 0.1) is 17.8 Å². The second-order valence-corrected chi connectivity index (χ2v) is 3.84. The van der Waals surface area contributed by atoms with Crippen molar-refractivity contribution in [3.8, 4) is 0 Å². The average Bonchev–Trinajstić information content (AvgIpc) is 2.71. The van der Waals surface area contributed by atoms with E-state index in [1.807, 2.05) is 0 Å². The number of ether oxygens (including phenoxy) is 1. The lowest BCUT2D eigenvalue weighted by Crippen LogP contribution is -2.26. The molecular weight excluding hydrogens is 124 g/mol. The SMILES string of the molecule is CC1CCOC[C@@H]1C1CC1. The molecule has 1 nitrogen and oxygen atoms in total. The molecule has 2 aliphatic rings. The molecule has 0 radical (unpaired) electrons. The van der Waals surface area contributed by atoms with E-state index in [0.29, 0.717) is 0 Å². The van der Waals surface area contributed by atoms with Gasteiger partial charge in [0.15, 0.2) is 0 Å². The minimum atomic E-state index is 0.911. The van der Waals surface area contributed by atoms with Crippen molar-refractivity contribution in [1.82, 2.24) is 0 Å². The molecule has 0 spiro atoms. The van der Waals surface area contributed by atoms with Crippen molar-refractivity contribution in [3.05, 3.63) is 0 Å². The zero-order valence-corrected chi connectivity index (χ0v) is 6.68. The minimum Gasteiger partial charge on any atom is -0.381 e. The van der Waals surface area contributed by atoms with E-state index >= 15 is 0 Å². The van der Waals surface area contributed by atoms with Crippen LogP contribution in [-0.4, -0.2) is 13.2 Å². The Labute approximate surface area is 62.8 Å². The molecule has 1 saturated heterocycles. The van der Waals surface area contributed by atoms with Gasteiger partial charge in [-0.2, -0.15) is 0 Å². The lowest BCUT2D eigenvalue weighted by atomic mass is 9.86. The summed E-state index contributed by atoms with van der Waals surface area (Å²) in [6.07, 6.45) is 4.23. The fraction of sp³-hybridized carbons (Fsp3) is 1.00. The summed E-state index contributed by atoms with van der Waals surface area (Å²) in [7, 11) is 0. The van der Waals surface area contributed by atoms with E-state index in [4.69, 9.17) is 4.74 Å². The lowest BCUT2D eigenvalue weighted by Gasteiger charge is -2.28. The highest BCUT2D eigenvalue weighted by Gasteiger charge is 2.36. The smallest absolute Gasteiger partial charge is 0.0499 e. The van der Waals surface area contributed by atoms with Crippen molar-refractivity contribution in [3.63, 3.8) is 0 Å². The highest BCUT2D eigenvalue weighted by atomic mass is 16.5. The largest absolute Gasteiger partial charge is 0.381 e. The molecule has 1 heteroatoms. The first-order valence-corrected chi connectivity index (χ1v) is 4.45. The van der Waals surface area contributed by atoms with Crippen LogP contribution >= 0.6 is 0 Å². The normalized spacial score (nSPS) is 41.7. The minimum absolute atomic E-state index is 0.911. The Morgan fingerprint density at radius 3 is 2.60 bits per heavy atom. The molecule has 1 aliphatic carbocycles. The van der Waals surface area contributed by atoms with Crippen LogP contribution in [0.4, 0.5) is 0 Å². The number of rotatable bonds is 1. The van der Waals surface area contributed by atoms with Gasteiger partial charge in [0.05, 0.1) is 0 Å². The Hall–Kier alpha value is -0.0400. The molecule has 0 aromatic carbocycles. The third-order valence-corrected chi connectivity index (χ3v) is 2.99. The van der Waals surface area contributed by atoms with Crippen LogP contribution in [0.5, 0.6) is 0 Å². The molecule has 2 atom stereocenters. The van der Waals surface area contributed by atoms with Crippen LogP contribution in [0.25, 0.3) is 0 Å². The molecule has 2 fully saturated rings. The van der Waals surface area contributed by atoms with Gasteiger partial charge in [0.25, 0.3) is 0 Å². The Morgan fingerprint density at radius 2 is 2.00 bits per heavy atom. The first-order valence-electron chi connectivity index (χ1n) is 4.45. The third-order valence-electron chi connectivity index (χ3n) is 2.99. The van der Waals surface area contributed by atoms with E-state index in [0.717, 1.165) is 31.0 Å². The van der Waals surface area contributed by atoms with Crippen molar-refractivity contribution in [2.24, 2.45) is 17.8 Å². The molecule has 58 valence electrons. The summed E-state index contributed by atoms with van der Waals surface area (Å²) in [4.78, 5) is 0. The Morgan fingerprint density at radius 1 is 1.20 bits per heavy atom. The van der Waals surface area contributed by atoms with E-state index < -0.39 is 0 Å². The van der Waals surface area contributed by atoms with Crippen molar-refractivity contribution >= 4 is 0 Å². The van der Waals surface area contributed by atoms with Gasteiger partial charge in [0.2, 0.25) is 0 Å². The van der Waals surface area contributed by atoms with E-state index in [1.165, 1.54) is 19.3 Å². The molecule has 0 N–H and O–H groups in total. The Balaban J connectivity index is 1.90. The molecule has 0 amide bonds. The number of hydrogen-bond acceptors (Lipinski definition) is 1. The molecule has 1 unspecified atom stereocenters. The second kappa shape index (κ2) is 2.54. The highest BCUT2D eigenvalue weighted by molar-refractivity contribution is 4.85. The predicted octanol–water partition coefficient (Wildman–Crippen LogP) is 2.07. The molecule has 1 heterocycles. The lowest BCUT2D eigenvalue weighted by molar-refractivity contribution is 0.0137. The Bertz CT molecular complexity index is 118. The number of hydrogen-bond donors (Lipinski definition) is 0. The van der Waals surface area contributed by atoms with Crippen molar-refractivity contribution in [1.29, 1.82) is 0 Å². The van der Waals surface area contributed by atoms with Crippen LogP contribution < -0.4 is 0 Å². The summed E-state index contributed by atoms with van der Waals surface area (Å²) in [6.45, 7) is 4.43. The van der Waals surface area contributed by atoms with Crippen molar-refractivity contribution in [2.75, 3.05) is 13.2 Å². The van der Waals surface area contributed by atoms with Crippen LogP contribution in [-0.2, 0) is 4.74 Å². The molecule has 10 heavy (non-hydrogen) atoms. The first kappa shape index (κ1) is 6.66. The molecule has 1 saturated carbocycles. The summed E-state index contributed by atoms with van der Waals surface area (Å²) in [5.41, 5.74) is 0. The molecule has 1 aliphatic heterocycles. The maximum atomic E-state index is 5.45. The quantitative estimate of drug-likeness (QED) is 0.541. The van der Waals surface area contributed by atoms with Crippen molar-refractivity contribution < 1.29 is 4.74 Å². The Kier molecular flexibility index (Phi) is 1.69. The summed E-state index contributed by atoms with van der Waals surface area (Å²) in [5.74, 6) is 2.88. The first-order chi connectivity index (χ1) is 4.88. The van der Waals surface area contributed by atoms with Gasteiger partial charge in [-0.15, -0.1) is 0 Å². The van der Waals surface area contributed by atoms with Gasteiger partial charge in [-0.05, 0) is 37.0 Å². The van der Waals surface area contributed by atoms with Crippen molar-refractivity contribution in [2.45, 2.75) is 26.2 Å². The van der Waals surface area contributed by atoms with Gasteiger partial charge < -0.3 is 4.74 Å². The molecular formula is C9H16O. The maximum absolute atomic E-state index is 5.45. The van der Waals surface area contributed by atoms with Gasteiger partial charge >= 0.3 is 0 Å². The molecule has 0 aromatic rings. The topological polar surface area (TPSA) is 9.23 Å². The van der Waals surface area contributed by atoms with Gasteiger partial charge in [0.1, 0.15) is 0 Å². The fourth-order valence-corrected chi connectivity index (χ4v) is 1.99. The van der Waals surface area contributed by atoms with Gasteiger partial charge in [-0.3, -0.25) is 0 Å². The summed E-state index contributed by atoms with van der Waals surface area (Å²) < 4.78 is 5.45. The van der Waals surface area contributed by atoms with Crippen LogP contribution in [0.1, 0.15) is 26.2 Å². The molecule has 0 bridgehead atoms. The zero-order valence-electron chi connectivity index (χ0n) is 6.68. The summed E-state index contributed by atoms with van der Waals surface area (Å²) in [5, 5.41) is 0. The molecule has 0 aromatic heterocycles. The van der Waals surface area contributed by atoms with Crippen LogP contribution in [0.2, 0.25) is 0 Å². The zero-order chi connectivity index (χ0) is 6.97. The van der Waals surface area contributed by atoms with Gasteiger partial charge in [0, 0.05) is 13.2 Å². The van der Waals surface area contributed by atoms with Crippen LogP contribution in [0.3, 0.4) is 0 Å². The highest BCUT2D eigenvalue weighted by Crippen LogP contribution is 2.42. The van der Waals surface area contributed by atoms with Gasteiger partial charge in [-0.25, -0.2) is 0 Å². The van der Waals surface area contributed by atoms with E-state index in [-0.39, 0.29) is 0 Å². The average molecular weight is 140 g/mol. The summed E-state index contributed by atoms with van der Waals surface area (Å²) >= 11 is 0. The third kappa shape index (κ3) is 1.20. The van der Waals surface area contributed by atoms with Crippen LogP contribution in [0.15, 0.2) is 0 Å². The fourth-order valence-electron chi connectivity index (χ4n) is 1.99.